The summed E-state index contributed by atoms with van der Waals surface area (Å²) in [7, 11) is 1.67. The van der Waals surface area contributed by atoms with Crippen molar-refractivity contribution in [1.29, 1.82) is 0 Å². The Bertz CT molecular complexity index is 917. The lowest BCUT2D eigenvalue weighted by Gasteiger charge is -2.36. The number of methoxy groups -OCH3 is 1. The Labute approximate surface area is 167 Å². The van der Waals surface area contributed by atoms with E-state index >= 15 is 0 Å². The summed E-state index contributed by atoms with van der Waals surface area (Å²) in [5, 5.41) is 7.93. The summed E-state index contributed by atoms with van der Waals surface area (Å²) in [6, 6.07) is 9.97. The van der Waals surface area contributed by atoms with E-state index in [2.05, 4.69) is 21.1 Å². The molecule has 1 aliphatic rings. The molecule has 8 heteroatoms. The molecule has 1 saturated heterocycles. The van der Waals surface area contributed by atoms with Gasteiger partial charge in [0.05, 0.1) is 7.11 Å². The maximum atomic E-state index is 12.5. The molecule has 3 aromatic rings. The number of ether oxygens (including phenoxy) is 1. The number of hydrogen-bond acceptors (Lipinski definition) is 7. The quantitative estimate of drug-likeness (QED) is 0.635. The first-order valence-corrected chi connectivity index (χ1v) is 10.2. The van der Waals surface area contributed by atoms with Crippen LogP contribution in [0.5, 0.6) is 5.75 Å². The summed E-state index contributed by atoms with van der Waals surface area (Å²) in [6.07, 6.45) is 0.844. The van der Waals surface area contributed by atoms with Gasteiger partial charge in [0.25, 0.3) is 0 Å². The number of anilines is 1. The highest BCUT2D eigenvalue weighted by atomic mass is 32.1. The van der Waals surface area contributed by atoms with E-state index in [9.17, 15) is 4.79 Å². The highest BCUT2D eigenvalue weighted by Crippen LogP contribution is 2.22. The van der Waals surface area contributed by atoms with E-state index in [0.29, 0.717) is 37.6 Å². The molecular formula is C20H22N4O3S. The van der Waals surface area contributed by atoms with Crippen LogP contribution in [0.3, 0.4) is 0 Å². The Kier molecular flexibility index (Phi) is 5.57. The molecule has 28 heavy (non-hydrogen) atoms. The number of amides is 1. The zero-order valence-electron chi connectivity index (χ0n) is 15.7. The number of carbonyl (C=O) groups is 1. The Morgan fingerprint density at radius 1 is 1.25 bits per heavy atom. The second-order valence-electron chi connectivity index (χ2n) is 6.59. The van der Waals surface area contributed by atoms with Crippen molar-refractivity contribution in [1.82, 2.24) is 15.0 Å². The van der Waals surface area contributed by atoms with E-state index in [0.717, 1.165) is 30.1 Å². The van der Waals surface area contributed by atoms with E-state index in [1.165, 1.54) is 0 Å². The van der Waals surface area contributed by atoms with Gasteiger partial charge in [0.1, 0.15) is 5.75 Å². The first kappa shape index (κ1) is 18.5. The first-order chi connectivity index (χ1) is 13.7. The van der Waals surface area contributed by atoms with Gasteiger partial charge in [0, 0.05) is 61.7 Å². The van der Waals surface area contributed by atoms with Crippen LogP contribution in [-0.2, 0) is 11.2 Å². The number of aromatic nitrogens is 2. The summed E-state index contributed by atoms with van der Waals surface area (Å²) in [5.74, 6) is 2.05. The Morgan fingerprint density at radius 3 is 2.86 bits per heavy atom. The van der Waals surface area contributed by atoms with Gasteiger partial charge < -0.3 is 19.1 Å². The SMILES string of the molecule is COc1cccc(N2CCN(C(=O)CCc3nc(-c4ccsc4)no3)CC2)c1. The van der Waals surface area contributed by atoms with Crippen LogP contribution in [0.25, 0.3) is 11.4 Å². The van der Waals surface area contributed by atoms with Crippen LogP contribution in [0.1, 0.15) is 12.3 Å². The van der Waals surface area contributed by atoms with Gasteiger partial charge in [-0.3, -0.25) is 4.79 Å². The summed E-state index contributed by atoms with van der Waals surface area (Å²) >= 11 is 1.59. The number of rotatable bonds is 6. The highest BCUT2D eigenvalue weighted by Gasteiger charge is 2.22. The molecule has 0 spiro atoms. The van der Waals surface area contributed by atoms with Crippen LogP contribution in [0.15, 0.2) is 45.6 Å². The molecule has 3 heterocycles. The van der Waals surface area contributed by atoms with Gasteiger partial charge in [0.2, 0.25) is 17.6 Å². The molecule has 0 unspecified atom stereocenters. The second-order valence-corrected chi connectivity index (χ2v) is 7.37. The number of hydrogen-bond donors (Lipinski definition) is 0. The molecule has 1 aliphatic heterocycles. The summed E-state index contributed by atoms with van der Waals surface area (Å²) in [5.41, 5.74) is 2.07. The zero-order valence-corrected chi connectivity index (χ0v) is 16.5. The van der Waals surface area contributed by atoms with Crippen LogP contribution in [0.4, 0.5) is 5.69 Å². The van der Waals surface area contributed by atoms with E-state index in [4.69, 9.17) is 9.26 Å². The van der Waals surface area contributed by atoms with Crippen molar-refractivity contribution in [3.63, 3.8) is 0 Å². The average molecular weight is 398 g/mol. The smallest absolute Gasteiger partial charge is 0.227 e. The topological polar surface area (TPSA) is 71.7 Å². The molecule has 1 fully saturated rings. The Hall–Kier alpha value is -2.87. The van der Waals surface area contributed by atoms with Gasteiger partial charge in [-0.1, -0.05) is 11.2 Å². The van der Waals surface area contributed by atoms with Crippen molar-refractivity contribution in [3.8, 4) is 17.1 Å². The number of thiophene rings is 1. The van der Waals surface area contributed by atoms with Gasteiger partial charge in [-0.25, -0.2) is 0 Å². The predicted molar refractivity (Wildman–Crippen MR) is 108 cm³/mol. The molecule has 4 rings (SSSR count). The number of nitrogens with zero attached hydrogens (tertiary/aromatic N) is 4. The van der Waals surface area contributed by atoms with E-state index in [1.807, 2.05) is 39.9 Å². The van der Waals surface area contributed by atoms with Gasteiger partial charge >= 0.3 is 0 Å². The molecule has 1 aromatic carbocycles. The van der Waals surface area contributed by atoms with Crippen LogP contribution >= 0.6 is 11.3 Å². The second kappa shape index (κ2) is 8.43. The highest BCUT2D eigenvalue weighted by molar-refractivity contribution is 7.08. The molecular weight excluding hydrogens is 376 g/mol. The van der Waals surface area contributed by atoms with Crippen molar-refractivity contribution < 1.29 is 14.1 Å². The fourth-order valence-electron chi connectivity index (χ4n) is 3.26. The zero-order chi connectivity index (χ0) is 19.3. The fraction of sp³-hybridized carbons (Fsp3) is 0.350. The van der Waals surface area contributed by atoms with Gasteiger partial charge in [-0.05, 0) is 23.6 Å². The molecule has 0 bridgehead atoms. The molecule has 146 valence electrons. The molecule has 0 radical (unpaired) electrons. The average Bonchev–Trinajstić information content (AvgIpc) is 3.44. The minimum Gasteiger partial charge on any atom is -0.497 e. The summed E-state index contributed by atoms with van der Waals surface area (Å²) in [4.78, 5) is 21.1. The van der Waals surface area contributed by atoms with Crippen molar-refractivity contribution in [2.45, 2.75) is 12.8 Å². The third-order valence-corrected chi connectivity index (χ3v) is 5.53. The fourth-order valence-corrected chi connectivity index (χ4v) is 3.89. The number of benzene rings is 1. The molecule has 2 aromatic heterocycles. The standard InChI is InChI=1S/C20H22N4O3S/c1-26-17-4-2-3-16(13-17)23-8-10-24(11-9-23)19(25)6-5-18-21-20(22-27-18)15-7-12-28-14-15/h2-4,7,12-14H,5-6,8-11H2,1H3. The molecule has 7 nitrogen and oxygen atoms in total. The van der Waals surface area contributed by atoms with Gasteiger partial charge in [-0.2, -0.15) is 16.3 Å². The van der Waals surface area contributed by atoms with Crippen molar-refractivity contribution in [2.75, 3.05) is 38.2 Å². The number of aryl methyl sites for hydroxylation is 1. The number of carbonyl (C=O) groups excluding carboxylic acids is 1. The first-order valence-electron chi connectivity index (χ1n) is 9.25. The molecule has 0 N–H and O–H groups in total. The summed E-state index contributed by atoms with van der Waals surface area (Å²) in [6.45, 7) is 3.03. The van der Waals surface area contributed by atoms with Crippen LogP contribution in [-0.4, -0.2) is 54.2 Å². The lowest BCUT2D eigenvalue weighted by molar-refractivity contribution is -0.131. The monoisotopic (exact) mass is 398 g/mol. The van der Waals surface area contributed by atoms with Crippen molar-refractivity contribution in [3.05, 3.63) is 47.0 Å². The predicted octanol–water partition coefficient (Wildman–Crippen LogP) is 3.09. The molecule has 0 aliphatic carbocycles. The van der Waals surface area contributed by atoms with E-state index in [-0.39, 0.29) is 5.91 Å². The third-order valence-electron chi connectivity index (χ3n) is 4.85. The van der Waals surface area contributed by atoms with Crippen molar-refractivity contribution >= 4 is 22.9 Å². The summed E-state index contributed by atoms with van der Waals surface area (Å²) < 4.78 is 10.6. The van der Waals surface area contributed by atoms with Crippen molar-refractivity contribution in [2.24, 2.45) is 0 Å². The minimum atomic E-state index is 0.126. The molecule has 0 atom stereocenters. The third kappa shape index (κ3) is 4.17. The minimum absolute atomic E-state index is 0.126. The maximum Gasteiger partial charge on any atom is 0.227 e. The van der Waals surface area contributed by atoms with Crippen LogP contribution in [0.2, 0.25) is 0 Å². The normalized spacial score (nSPS) is 14.3. The van der Waals surface area contributed by atoms with Crippen LogP contribution < -0.4 is 9.64 Å². The largest absolute Gasteiger partial charge is 0.497 e. The van der Waals surface area contributed by atoms with Gasteiger partial charge in [-0.15, -0.1) is 0 Å². The Morgan fingerprint density at radius 2 is 2.11 bits per heavy atom. The number of piperazine rings is 1. The van der Waals surface area contributed by atoms with E-state index < -0.39 is 0 Å². The molecule has 1 amide bonds. The Balaban J connectivity index is 1.27. The lowest BCUT2D eigenvalue weighted by atomic mass is 10.2. The van der Waals surface area contributed by atoms with Gasteiger partial charge in [0.15, 0.2) is 0 Å². The molecule has 0 saturated carbocycles. The van der Waals surface area contributed by atoms with Crippen LogP contribution in [0, 0.1) is 0 Å². The van der Waals surface area contributed by atoms with E-state index in [1.54, 1.807) is 18.4 Å². The maximum absolute atomic E-state index is 12.5. The lowest BCUT2D eigenvalue weighted by Crippen LogP contribution is -2.48.